The van der Waals surface area contributed by atoms with Crippen molar-refractivity contribution in [2.45, 2.75) is 25.6 Å². The highest BCUT2D eigenvalue weighted by Gasteiger charge is 2.31. The van der Waals surface area contributed by atoms with Gasteiger partial charge in [-0.3, -0.25) is 4.79 Å². The summed E-state index contributed by atoms with van der Waals surface area (Å²) in [6.07, 6.45) is 4.05. The van der Waals surface area contributed by atoms with E-state index in [1.807, 2.05) is 36.4 Å². The van der Waals surface area contributed by atoms with E-state index in [0.717, 1.165) is 22.5 Å². The molecule has 148 valence electrons. The lowest BCUT2D eigenvalue weighted by Crippen LogP contribution is -2.45. The molecule has 3 aromatic rings. The van der Waals surface area contributed by atoms with Crippen LogP contribution >= 0.6 is 0 Å². The Kier molecular flexibility index (Phi) is 5.45. The van der Waals surface area contributed by atoms with Gasteiger partial charge >= 0.3 is 5.91 Å². The normalized spacial score (nSPS) is 15.6. The van der Waals surface area contributed by atoms with Crippen molar-refractivity contribution in [2.75, 3.05) is 11.4 Å². The second kappa shape index (κ2) is 8.50. The highest BCUT2D eigenvalue weighted by molar-refractivity contribution is 5.91. The number of carbonyl (C=O) groups is 1. The number of hydrogen-bond acceptors (Lipinski definition) is 5. The van der Waals surface area contributed by atoms with Gasteiger partial charge < -0.3 is 14.8 Å². The Balaban J connectivity index is 1.75. The van der Waals surface area contributed by atoms with Crippen LogP contribution in [-0.2, 0) is 24.3 Å². The van der Waals surface area contributed by atoms with Gasteiger partial charge in [-0.05, 0) is 35.7 Å². The second-order valence-electron chi connectivity index (χ2n) is 7.30. The van der Waals surface area contributed by atoms with Gasteiger partial charge in [-0.2, -0.15) is 10.5 Å². The van der Waals surface area contributed by atoms with Crippen molar-refractivity contribution in [1.82, 2.24) is 14.9 Å². The molecule has 7 nitrogen and oxygen atoms in total. The largest absolute Gasteiger partial charge is 0.363 e. The predicted octanol–water partition coefficient (Wildman–Crippen LogP) is 2.77. The van der Waals surface area contributed by atoms with Crippen molar-refractivity contribution in [2.24, 2.45) is 0 Å². The summed E-state index contributed by atoms with van der Waals surface area (Å²) in [7, 11) is 0. The van der Waals surface area contributed by atoms with Gasteiger partial charge in [0.25, 0.3) is 0 Å². The van der Waals surface area contributed by atoms with Gasteiger partial charge in [0, 0.05) is 25.0 Å². The molecule has 4 rings (SSSR count). The molecule has 0 aliphatic carbocycles. The molecule has 1 aliphatic heterocycles. The predicted molar refractivity (Wildman–Crippen MR) is 111 cm³/mol. The van der Waals surface area contributed by atoms with Crippen LogP contribution in [0.15, 0.2) is 61.1 Å². The van der Waals surface area contributed by atoms with Gasteiger partial charge in [-0.15, -0.1) is 0 Å². The highest BCUT2D eigenvalue weighted by atomic mass is 16.2. The number of carbonyl (C=O) groups excluding carboxylic acids is 1. The number of aromatic nitrogens is 2. The van der Waals surface area contributed by atoms with E-state index in [4.69, 9.17) is 0 Å². The summed E-state index contributed by atoms with van der Waals surface area (Å²) in [5.41, 5.74) is 4.39. The topological polar surface area (TPSA) is 99.8 Å². The Morgan fingerprint density at radius 2 is 2.03 bits per heavy atom. The number of amides is 1. The van der Waals surface area contributed by atoms with Gasteiger partial charge in [0.2, 0.25) is 0 Å². The molecule has 1 N–H and O–H groups in total. The fourth-order valence-corrected chi connectivity index (χ4v) is 3.94. The number of anilines is 1. The van der Waals surface area contributed by atoms with Gasteiger partial charge in [-0.25, -0.2) is 4.98 Å². The van der Waals surface area contributed by atoms with E-state index in [1.54, 1.807) is 35.6 Å². The first-order valence-corrected chi connectivity index (χ1v) is 9.68. The Hall–Kier alpha value is -4.10. The minimum atomic E-state index is -0.562. The molecule has 2 aromatic carbocycles. The minimum Gasteiger partial charge on any atom is -0.363 e. The first-order chi connectivity index (χ1) is 14.7. The average Bonchev–Trinajstić information content (AvgIpc) is 3.24. The van der Waals surface area contributed by atoms with Crippen LogP contribution in [0, 0.1) is 22.7 Å². The van der Waals surface area contributed by atoms with Crippen LogP contribution in [0.25, 0.3) is 0 Å². The lowest BCUT2D eigenvalue weighted by atomic mass is 10.0. The zero-order valence-electron chi connectivity index (χ0n) is 16.3. The van der Waals surface area contributed by atoms with E-state index in [9.17, 15) is 15.3 Å². The molecule has 0 saturated carbocycles. The van der Waals surface area contributed by atoms with Crippen LogP contribution in [0.2, 0.25) is 0 Å². The number of rotatable bonds is 4. The summed E-state index contributed by atoms with van der Waals surface area (Å²) in [4.78, 5) is 23.6. The molecule has 0 saturated heterocycles. The van der Waals surface area contributed by atoms with Crippen LogP contribution in [-0.4, -0.2) is 33.4 Å². The Labute approximate surface area is 174 Å². The Bertz CT molecular complexity index is 1110. The number of nitrogens with zero attached hydrogens (tertiary/aromatic N) is 5. The van der Waals surface area contributed by atoms with Crippen LogP contribution < -0.4 is 4.90 Å². The van der Waals surface area contributed by atoms with Crippen molar-refractivity contribution in [3.8, 4) is 12.1 Å². The maximum absolute atomic E-state index is 12.6. The summed E-state index contributed by atoms with van der Waals surface area (Å²) in [6, 6.07) is 19.2. The first-order valence-electron chi connectivity index (χ1n) is 9.68. The molecule has 0 unspecified atom stereocenters. The molecule has 1 aromatic heterocycles. The van der Waals surface area contributed by atoms with Crippen LogP contribution in [0.5, 0.6) is 0 Å². The number of fused-ring (bicyclic) bond motifs is 1. The maximum Gasteiger partial charge on any atom is 0.325 e. The summed E-state index contributed by atoms with van der Waals surface area (Å²) >= 11 is 0. The van der Waals surface area contributed by atoms with E-state index in [0.29, 0.717) is 25.1 Å². The number of aromatic amines is 1. The van der Waals surface area contributed by atoms with Crippen molar-refractivity contribution in [1.29, 1.82) is 10.5 Å². The molecule has 0 spiro atoms. The molecular weight excluding hydrogens is 376 g/mol. The standard InChI is InChI=1S/C23H20N6O/c24-10-18-6-7-22-19(8-18)13-29(23(30)11-25)21(9-17-4-2-1-3-5-17)15-28(22)14-20-12-26-16-27-20/h1-8,12,16,21H,9,13-15H2,(H,26,27)/t21-/m1/s1. The smallest absolute Gasteiger partial charge is 0.325 e. The number of benzene rings is 2. The molecule has 2 heterocycles. The number of H-pyrrole nitrogens is 1. The molecule has 0 radical (unpaired) electrons. The number of nitrogens with one attached hydrogen (secondary N) is 1. The van der Waals surface area contributed by atoms with Gasteiger partial charge in [0.15, 0.2) is 6.07 Å². The van der Waals surface area contributed by atoms with E-state index >= 15 is 0 Å². The third-order valence-corrected chi connectivity index (χ3v) is 5.35. The quantitative estimate of drug-likeness (QED) is 0.684. The van der Waals surface area contributed by atoms with E-state index in [1.165, 1.54) is 0 Å². The summed E-state index contributed by atoms with van der Waals surface area (Å²) < 4.78 is 0. The number of imidazole rings is 1. The fourth-order valence-electron chi connectivity index (χ4n) is 3.94. The second-order valence-corrected chi connectivity index (χ2v) is 7.30. The third kappa shape index (κ3) is 4.01. The minimum absolute atomic E-state index is 0.194. The van der Waals surface area contributed by atoms with Crippen molar-refractivity contribution in [3.63, 3.8) is 0 Å². The molecule has 1 aliphatic rings. The first kappa shape index (κ1) is 19.2. The lowest BCUT2D eigenvalue weighted by Gasteiger charge is -2.31. The molecule has 1 amide bonds. The fraction of sp³-hybridized carbons (Fsp3) is 0.217. The SMILES string of the molecule is N#CC(=O)N1Cc2cc(C#N)ccc2N(Cc2cnc[nH]2)C[C@H]1Cc1ccccc1. The molecule has 7 heteroatoms. The van der Waals surface area contributed by atoms with Crippen LogP contribution in [0.1, 0.15) is 22.4 Å². The van der Waals surface area contributed by atoms with E-state index < -0.39 is 5.91 Å². The number of hydrogen-bond donors (Lipinski definition) is 1. The van der Waals surface area contributed by atoms with Crippen molar-refractivity contribution >= 4 is 11.6 Å². The summed E-state index contributed by atoms with van der Waals surface area (Å²) in [6.45, 7) is 1.42. The monoisotopic (exact) mass is 396 g/mol. The summed E-state index contributed by atoms with van der Waals surface area (Å²) in [5.74, 6) is -0.562. The molecule has 30 heavy (non-hydrogen) atoms. The number of nitriles is 2. The molecule has 0 fully saturated rings. The Morgan fingerprint density at radius 3 is 2.73 bits per heavy atom. The van der Waals surface area contributed by atoms with Crippen LogP contribution in [0.3, 0.4) is 0 Å². The van der Waals surface area contributed by atoms with Gasteiger partial charge in [-0.1, -0.05) is 30.3 Å². The van der Waals surface area contributed by atoms with Crippen molar-refractivity contribution in [3.05, 3.63) is 83.4 Å². The third-order valence-electron chi connectivity index (χ3n) is 5.35. The maximum atomic E-state index is 12.6. The average molecular weight is 396 g/mol. The van der Waals surface area contributed by atoms with Gasteiger partial charge in [0.1, 0.15) is 0 Å². The zero-order chi connectivity index (χ0) is 20.9. The molecule has 0 bridgehead atoms. The molecule has 1 atom stereocenters. The zero-order valence-corrected chi connectivity index (χ0v) is 16.3. The van der Waals surface area contributed by atoms with Crippen molar-refractivity contribution < 1.29 is 4.79 Å². The molecular formula is C23H20N6O. The Morgan fingerprint density at radius 1 is 1.20 bits per heavy atom. The lowest BCUT2D eigenvalue weighted by molar-refractivity contribution is -0.127. The van der Waals surface area contributed by atoms with Gasteiger partial charge in [0.05, 0.1) is 36.2 Å². The van der Waals surface area contributed by atoms with E-state index in [-0.39, 0.29) is 12.6 Å². The highest BCUT2D eigenvalue weighted by Crippen LogP contribution is 2.30. The summed E-state index contributed by atoms with van der Waals surface area (Å²) in [5, 5.41) is 18.7. The van der Waals surface area contributed by atoms with E-state index in [2.05, 4.69) is 20.9 Å². The van der Waals surface area contributed by atoms with Crippen LogP contribution in [0.4, 0.5) is 5.69 Å².